The average Bonchev–Trinajstić information content (AvgIpc) is 4.03. The monoisotopic (exact) mass is 741 g/mol. The van der Waals surface area contributed by atoms with E-state index in [0.29, 0.717) is 0 Å². The van der Waals surface area contributed by atoms with Crippen molar-refractivity contribution in [3.8, 4) is 33.6 Å². The largest absolute Gasteiger partial charge is 0.456 e. The lowest BCUT2D eigenvalue weighted by atomic mass is 10.0. The second-order valence-corrected chi connectivity index (χ2v) is 15.2. The van der Waals surface area contributed by atoms with Crippen LogP contribution in [0.4, 0.5) is 0 Å². The first-order valence-corrected chi connectivity index (χ1v) is 19.6. The van der Waals surface area contributed by atoms with Crippen molar-refractivity contribution in [1.29, 1.82) is 0 Å². The van der Waals surface area contributed by atoms with Crippen LogP contribution in [0.1, 0.15) is 0 Å². The number of pyridine rings is 1. The standard InChI is InChI=1S/C53H31N3O2/c1-2-9-32(10-3-1)35-16-21-40-38-11-4-6-13-45(38)56(48(40)29-35)36-19-24-50-43(30-36)42-28-34(18-23-49(42)57-50)33-17-22-47-41(27-33)39-12-5-7-14-46(39)55(47)37-20-25-51-44(31-37)53-52(58-51)15-8-26-54-53/h1-31H. The van der Waals surface area contributed by atoms with E-state index in [1.54, 1.807) is 0 Å². The van der Waals surface area contributed by atoms with Crippen molar-refractivity contribution < 1.29 is 8.83 Å². The molecule has 0 N–H and O–H groups in total. The molecule has 0 aliphatic rings. The fraction of sp³-hybridized carbons (Fsp3) is 0. The normalized spacial score (nSPS) is 12.1. The maximum atomic E-state index is 6.48. The molecule has 0 bridgehead atoms. The number of fused-ring (bicyclic) bond motifs is 12. The third kappa shape index (κ3) is 4.50. The highest BCUT2D eigenvalue weighted by Gasteiger charge is 2.18. The number of nitrogens with zero attached hydrogens (tertiary/aromatic N) is 3. The fourth-order valence-electron chi connectivity index (χ4n) is 9.30. The van der Waals surface area contributed by atoms with Crippen molar-refractivity contribution in [2.45, 2.75) is 0 Å². The molecule has 0 aliphatic heterocycles. The molecule has 13 aromatic rings. The van der Waals surface area contributed by atoms with Gasteiger partial charge in [0.15, 0.2) is 5.58 Å². The second kappa shape index (κ2) is 11.8. The summed E-state index contributed by atoms with van der Waals surface area (Å²) in [6.07, 6.45) is 1.82. The van der Waals surface area contributed by atoms with Crippen LogP contribution in [0.3, 0.4) is 0 Å². The Kier molecular flexibility index (Phi) is 6.38. The van der Waals surface area contributed by atoms with E-state index in [9.17, 15) is 0 Å². The lowest BCUT2D eigenvalue weighted by molar-refractivity contribution is 0.668. The average molecular weight is 742 g/mol. The van der Waals surface area contributed by atoms with Crippen LogP contribution in [0.5, 0.6) is 0 Å². The molecule has 0 aliphatic carbocycles. The molecule has 0 saturated carbocycles. The minimum absolute atomic E-state index is 0.796. The zero-order valence-electron chi connectivity index (χ0n) is 31.1. The smallest absolute Gasteiger partial charge is 0.153 e. The summed E-state index contributed by atoms with van der Waals surface area (Å²) in [5, 5.41) is 8.07. The van der Waals surface area contributed by atoms with Crippen LogP contribution in [-0.2, 0) is 0 Å². The van der Waals surface area contributed by atoms with Gasteiger partial charge in [0.05, 0.1) is 22.1 Å². The van der Waals surface area contributed by atoms with Gasteiger partial charge in [-0.2, -0.15) is 0 Å². The fourth-order valence-corrected chi connectivity index (χ4v) is 9.30. The second-order valence-electron chi connectivity index (χ2n) is 15.2. The molecule has 13 rings (SSSR count). The Morgan fingerprint density at radius 3 is 1.64 bits per heavy atom. The van der Waals surface area contributed by atoms with Gasteiger partial charge in [0.1, 0.15) is 22.3 Å². The summed E-state index contributed by atoms with van der Waals surface area (Å²) in [6, 6.07) is 65.0. The predicted molar refractivity (Wildman–Crippen MR) is 238 cm³/mol. The molecule has 58 heavy (non-hydrogen) atoms. The zero-order valence-corrected chi connectivity index (χ0v) is 31.1. The highest BCUT2D eigenvalue weighted by Crippen LogP contribution is 2.40. The van der Waals surface area contributed by atoms with Gasteiger partial charge < -0.3 is 18.0 Å². The summed E-state index contributed by atoms with van der Waals surface area (Å²) in [4.78, 5) is 4.64. The number of benzene rings is 8. The number of para-hydroxylation sites is 2. The topological polar surface area (TPSA) is 49.0 Å². The highest BCUT2D eigenvalue weighted by atomic mass is 16.3. The van der Waals surface area contributed by atoms with E-state index in [2.05, 4.69) is 184 Å². The van der Waals surface area contributed by atoms with Gasteiger partial charge in [0.2, 0.25) is 0 Å². The molecule has 0 atom stereocenters. The third-order valence-electron chi connectivity index (χ3n) is 12.0. The van der Waals surface area contributed by atoms with Crippen molar-refractivity contribution >= 4 is 87.6 Å². The Morgan fingerprint density at radius 1 is 0.310 bits per heavy atom. The first kappa shape index (κ1) is 31.3. The highest BCUT2D eigenvalue weighted by molar-refractivity contribution is 6.13. The van der Waals surface area contributed by atoms with E-state index in [4.69, 9.17) is 8.83 Å². The van der Waals surface area contributed by atoms with Crippen LogP contribution >= 0.6 is 0 Å². The maximum Gasteiger partial charge on any atom is 0.153 e. The first-order chi connectivity index (χ1) is 28.7. The Hall–Kier alpha value is -7.89. The summed E-state index contributed by atoms with van der Waals surface area (Å²) in [5.41, 5.74) is 15.8. The van der Waals surface area contributed by atoms with E-state index in [1.807, 2.05) is 18.3 Å². The molecule has 0 fully saturated rings. The van der Waals surface area contributed by atoms with Crippen LogP contribution in [0, 0.1) is 0 Å². The number of hydrogen-bond donors (Lipinski definition) is 0. The van der Waals surface area contributed by atoms with Gasteiger partial charge in [-0.3, -0.25) is 4.98 Å². The van der Waals surface area contributed by atoms with Crippen molar-refractivity contribution in [2.24, 2.45) is 0 Å². The molecule has 0 amide bonds. The Labute approximate surface area is 331 Å². The van der Waals surface area contributed by atoms with Gasteiger partial charge >= 0.3 is 0 Å². The summed E-state index contributed by atoms with van der Waals surface area (Å²) in [6.45, 7) is 0. The van der Waals surface area contributed by atoms with E-state index in [1.165, 1.54) is 43.7 Å². The molecule has 0 radical (unpaired) electrons. The van der Waals surface area contributed by atoms with E-state index < -0.39 is 0 Å². The summed E-state index contributed by atoms with van der Waals surface area (Å²) in [5.74, 6) is 0. The van der Waals surface area contributed by atoms with Gasteiger partial charge in [-0.25, -0.2) is 0 Å². The summed E-state index contributed by atoms with van der Waals surface area (Å²) < 4.78 is 17.3. The van der Waals surface area contributed by atoms with Crippen LogP contribution < -0.4 is 0 Å². The molecule has 5 aromatic heterocycles. The number of rotatable bonds is 4. The van der Waals surface area contributed by atoms with E-state index in [0.717, 1.165) is 77.5 Å². The SMILES string of the molecule is c1ccc(-c2ccc3c4ccccc4n(-c4ccc5oc6ccc(-c7ccc8c(c7)c7ccccc7n8-c7ccc8oc9cccnc9c8c7)cc6c5c4)c3c2)cc1. The van der Waals surface area contributed by atoms with Gasteiger partial charge in [0, 0.05) is 55.3 Å². The summed E-state index contributed by atoms with van der Waals surface area (Å²) >= 11 is 0. The molecule has 5 heteroatoms. The maximum absolute atomic E-state index is 6.48. The van der Waals surface area contributed by atoms with Crippen LogP contribution in [-0.4, -0.2) is 14.1 Å². The molecule has 5 heterocycles. The molecule has 270 valence electrons. The predicted octanol–water partition coefficient (Wildman–Crippen LogP) is 14.4. The third-order valence-corrected chi connectivity index (χ3v) is 12.0. The lowest BCUT2D eigenvalue weighted by Crippen LogP contribution is -1.93. The number of aromatic nitrogens is 3. The Morgan fingerprint density at radius 2 is 0.845 bits per heavy atom. The van der Waals surface area contributed by atoms with Crippen LogP contribution in [0.25, 0.3) is 121 Å². The molecule has 0 spiro atoms. The Bertz CT molecular complexity index is 3810. The van der Waals surface area contributed by atoms with Crippen molar-refractivity contribution in [3.63, 3.8) is 0 Å². The molecular formula is C53H31N3O2. The van der Waals surface area contributed by atoms with Crippen molar-refractivity contribution in [1.82, 2.24) is 14.1 Å². The van der Waals surface area contributed by atoms with Gasteiger partial charge in [-0.05, 0) is 113 Å². The Balaban J connectivity index is 0.963. The van der Waals surface area contributed by atoms with Crippen molar-refractivity contribution in [2.75, 3.05) is 0 Å². The van der Waals surface area contributed by atoms with Gasteiger partial charge in [-0.1, -0.05) is 91.0 Å². The van der Waals surface area contributed by atoms with E-state index >= 15 is 0 Å². The van der Waals surface area contributed by atoms with Crippen molar-refractivity contribution in [3.05, 3.63) is 188 Å². The summed E-state index contributed by atoms with van der Waals surface area (Å²) in [7, 11) is 0. The first-order valence-electron chi connectivity index (χ1n) is 19.6. The minimum Gasteiger partial charge on any atom is -0.456 e. The molecule has 8 aromatic carbocycles. The molecule has 5 nitrogen and oxygen atoms in total. The number of hydrogen-bond acceptors (Lipinski definition) is 3. The quantitative estimate of drug-likeness (QED) is 0.180. The molecular weight excluding hydrogens is 711 g/mol. The van der Waals surface area contributed by atoms with Gasteiger partial charge in [0.25, 0.3) is 0 Å². The van der Waals surface area contributed by atoms with Crippen LogP contribution in [0.15, 0.2) is 197 Å². The molecule has 0 unspecified atom stereocenters. The zero-order chi connectivity index (χ0) is 37.9. The number of furan rings is 2. The van der Waals surface area contributed by atoms with E-state index in [-0.39, 0.29) is 0 Å². The minimum atomic E-state index is 0.796. The van der Waals surface area contributed by atoms with Gasteiger partial charge in [-0.15, -0.1) is 0 Å². The lowest BCUT2D eigenvalue weighted by Gasteiger charge is -2.10. The molecule has 0 saturated heterocycles. The van der Waals surface area contributed by atoms with Crippen LogP contribution in [0.2, 0.25) is 0 Å².